The first kappa shape index (κ1) is 13.7. The molecule has 0 spiro atoms. The minimum Gasteiger partial charge on any atom is -0.381 e. The Kier molecular flexibility index (Phi) is 3.99. The number of likely N-dealkylation sites (tertiary alicyclic amines) is 1. The maximum Gasteiger partial charge on any atom is 0.257 e. The molecule has 1 atom stereocenters. The Balaban J connectivity index is 2.21. The quantitative estimate of drug-likeness (QED) is 0.885. The van der Waals surface area contributed by atoms with Crippen molar-refractivity contribution in [2.24, 2.45) is 0 Å². The Bertz CT molecular complexity index is 478. The molecule has 0 radical (unpaired) electrons. The van der Waals surface area contributed by atoms with Gasteiger partial charge in [0.1, 0.15) is 0 Å². The predicted molar refractivity (Wildman–Crippen MR) is 71.2 cm³/mol. The van der Waals surface area contributed by atoms with E-state index in [-0.39, 0.29) is 23.3 Å². The molecule has 0 saturated carbocycles. The first-order valence-corrected chi connectivity index (χ1v) is 6.36. The second kappa shape index (κ2) is 5.52. The van der Waals surface area contributed by atoms with Crippen LogP contribution < -0.4 is 5.73 Å². The predicted octanol–water partition coefficient (Wildman–Crippen LogP) is 0.969. The standard InChI is InChI=1S/C13H19FN4O/c1-17(2)8-9-4-3-7-18(9)13(19)10-5-6-16-12(15)11(10)14/h5-6,9H,3-4,7-8H2,1-2H3,(H2,15,16). The van der Waals surface area contributed by atoms with E-state index >= 15 is 0 Å². The number of halogens is 1. The highest BCUT2D eigenvalue weighted by Gasteiger charge is 2.31. The normalized spacial score (nSPS) is 19.2. The van der Waals surface area contributed by atoms with Crippen molar-refractivity contribution in [3.8, 4) is 0 Å². The highest BCUT2D eigenvalue weighted by Crippen LogP contribution is 2.22. The molecule has 6 heteroatoms. The van der Waals surface area contributed by atoms with Crippen molar-refractivity contribution in [2.45, 2.75) is 18.9 Å². The molecule has 2 N–H and O–H groups in total. The van der Waals surface area contributed by atoms with E-state index in [1.165, 1.54) is 12.3 Å². The first-order chi connectivity index (χ1) is 9.00. The molecule has 2 rings (SSSR count). The molecule has 1 fully saturated rings. The van der Waals surface area contributed by atoms with Gasteiger partial charge in [0.15, 0.2) is 11.6 Å². The number of pyridine rings is 1. The number of rotatable bonds is 3. The average molecular weight is 266 g/mol. The lowest BCUT2D eigenvalue weighted by Crippen LogP contribution is -2.41. The second-order valence-electron chi connectivity index (χ2n) is 5.11. The van der Waals surface area contributed by atoms with Crippen LogP contribution >= 0.6 is 0 Å². The van der Waals surface area contributed by atoms with E-state index in [2.05, 4.69) is 4.98 Å². The highest BCUT2D eigenvalue weighted by molar-refractivity contribution is 5.95. The Morgan fingerprint density at radius 3 is 3.05 bits per heavy atom. The summed E-state index contributed by atoms with van der Waals surface area (Å²) in [5.74, 6) is -1.24. The maximum atomic E-state index is 13.8. The van der Waals surface area contributed by atoms with Gasteiger partial charge in [0, 0.05) is 25.3 Å². The molecule has 1 saturated heterocycles. The SMILES string of the molecule is CN(C)CC1CCCN1C(=O)c1ccnc(N)c1F. The summed E-state index contributed by atoms with van der Waals surface area (Å²) in [7, 11) is 3.93. The summed E-state index contributed by atoms with van der Waals surface area (Å²) in [5.41, 5.74) is 5.42. The fraction of sp³-hybridized carbons (Fsp3) is 0.538. The number of hydrogen-bond acceptors (Lipinski definition) is 4. The van der Waals surface area contributed by atoms with Gasteiger partial charge in [-0.05, 0) is 33.0 Å². The summed E-state index contributed by atoms with van der Waals surface area (Å²) >= 11 is 0. The number of amides is 1. The minimum absolute atomic E-state index is 0.0122. The number of anilines is 1. The third-order valence-electron chi connectivity index (χ3n) is 3.36. The van der Waals surface area contributed by atoms with Crippen LogP contribution in [0.15, 0.2) is 12.3 Å². The third-order valence-corrected chi connectivity index (χ3v) is 3.36. The smallest absolute Gasteiger partial charge is 0.257 e. The van der Waals surface area contributed by atoms with Crippen LogP contribution in [0.1, 0.15) is 23.2 Å². The molecule has 1 aliphatic rings. The summed E-state index contributed by atoms with van der Waals surface area (Å²) < 4.78 is 13.8. The van der Waals surface area contributed by atoms with Crippen LogP contribution in [0.2, 0.25) is 0 Å². The summed E-state index contributed by atoms with van der Waals surface area (Å²) in [6, 6.07) is 1.52. The van der Waals surface area contributed by atoms with Crippen LogP contribution in [0, 0.1) is 5.82 Å². The lowest BCUT2D eigenvalue weighted by atomic mass is 10.1. The molecule has 2 heterocycles. The van der Waals surface area contributed by atoms with Crippen LogP contribution in [0.4, 0.5) is 10.2 Å². The van der Waals surface area contributed by atoms with Crippen LogP contribution in [0.3, 0.4) is 0 Å². The molecule has 1 aromatic rings. The Hall–Kier alpha value is -1.69. The van der Waals surface area contributed by atoms with Gasteiger partial charge in [0.2, 0.25) is 0 Å². The van der Waals surface area contributed by atoms with Crippen molar-refractivity contribution in [1.82, 2.24) is 14.8 Å². The van der Waals surface area contributed by atoms with Crippen LogP contribution in [-0.2, 0) is 0 Å². The molecule has 19 heavy (non-hydrogen) atoms. The van der Waals surface area contributed by atoms with E-state index in [1.54, 1.807) is 4.90 Å². The zero-order valence-corrected chi connectivity index (χ0v) is 11.3. The van der Waals surface area contributed by atoms with E-state index < -0.39 is 5.82 Å². The van der Waals surface area contributed by atoms with Crippen molar-refractivity contribution in [2.75, 3.05) is 32.9 Å². The molecular weight excluding hydrogens is 247 g/mol. The molecule has 104 valence electrons. The van der Waals surface area contributed by atoms with E-state index in [0.717, 1.165) is 19.4 Å². The monoisotopic (exact) mass is 266 g/mol. The fourth-order valence-electron chi connectivity index (χ4n) is 2.49. The van der Waals surface area contributed by atoms with E-state index in [0.29, 0.717) is 6.54 Å². The fourth-order valence-corrected chi connectivity index (χ4v) is 2.49. The Morgan fingerprint density at radius 1 is 1.63 bits per heavy atom. The number of likely N-dealkylation sites (N-methyl/N-ethyl adjacent to an activating group) is 1. The molecule has 1 amide bonds. The zero-order chi connectivity index (χ0) is 14.0. The summed E-state index contributed by atoms with van der Waals surface area (Å²) in [5, 5.41) is 0. The average Bonchev–Trinajstić information content (AvgIpc) is 2.79. The van der Waals surface area contributed by atoms with Crippen molar-refractivity contribution in [1.29, 1.82) is 0 Å². The molecular formula is C13H19FN4O. The third kappa shape index (κ3) is 2.84. The van der Waals surface area contributed by atoms with Crippen molar-refractivity contribution in [3.63, 3.8) is 0 Å². The van der Waals surface area contributed by atoms with Gasteiger partial charge in [-0.3, -0.25) is 4.79 Å². The molecule has 1 unspecified atom stereocenters. The van der Waals surface area contributed by atoms with Crippen LogP contribution in [-0.4, -0.2) is 53.9 Å². The first-order valence-electron chi connectivity index (χ1n) is 6.36. The lowest BCUT2D eigenvalue weighted by Gasteiger charge is -2.27. The summed E-state index contributed by atoms with van der Waals surface area (Å²) in [6.07, 6.45) is 3.27. The Morgan fingerprint density at radius 2 is 2.37 bits per heavy atom. The van der Waals surface area contributed by atoms with Gasteiger partial charge in [-0.1, -0.05) is 0 Å². The van der Waals surface area contributed by atoms with Gasteiger partial charge in [0.05, 0.1) is 5.56 Å². The maximum absolute atomic E-state index is 13.8. The topological polar surface area (TPSA) is 62.5 Å². The number of carbonyl (C=O) groups excluding carboxylic acids is 1. The zero-order valence-electron chi connectivity index (χ0n) is 11.3. The largest absolute Gasteiger partial charge is 0.381 e. The number of aromatic nitrogens is 1. The summed E-state index contributed by atoms with van der Waals surface area (Å²) in [4.78, 5) is 19.8. The lowest BCUT2D eigenvalue weighted by molar-refractivity contribution is 0.0711. The number of carbonyl (C=O) groups is 1. The molecule has 0 aromatic carbocycles. The van der Waals surface area contributed by atoms with Gasteiger partial charge >= 0.3 is 0 Å². The van der Waals surface area contributed by atoms with Gasteiger partial charge in [-0.2, -0.15) is 0 Å². The van der Waals surface area contributed by atoms with Crippen molar-refractivity contribution < 1.29 is 9.18 Å². The molecule has 0 bridgehead atoms. The van der Waals surface area contributed by atoms with Gasteiger partial charge in [0.25, 0.3) is 5.91 Å². The number of nitrogens with zero attached hydrogens (tertiary/aromatic N) is 3. The van der Waals surface area contributed by atoms with E-state index in [4.69, 9.17) is 5.73 Å². The molecule has 5 nitrogen and oxygen atoms in total. The number of nitrogen functional groups attached to an aromatic ring is 1. The number of hydrogen-bond donors (Lipinski definition) is 1. The van der Waals surface area contributed by atoms with Crippen LogP contribution in [0.25, 0.3) is 0 Å². The van der Waals surface area contributed by atoms with Gasteiger partial charge in [-0.25, -0.2) is 9.37 Å². The van der Waals surface area contributed by atoms with E-state index in [9.17, 15) is 9.18 Å². The molecule has 1 aromatic heterocycles. The second-order valence-corrected chi connectivity index (χ2v) is 5.11. The molecule has 0 aliphatic carbocycles. The summed E-state index contributed by atoms with van der Waals surface area (Å²) in [6.45, 7) is 1.45. The highest BCUT2D eigenvalue weighted by atomic mass is 19.1. The van der Waals surface area contributed by atoms with Gasteiger partial charge < -0.3 is 15.5 Å². The van der Waals surface area contributed by atoms with Crippen molar-refractivity contribution >= 4 is 11.7 Å². The number of nitrogens with two attached hydrogens (primary N) is 1. The van der Waals surface area contributed by atoms with Crippen molar-refractivity contribution in [3.05, 3.63) is 23.6 Å². The van der Waals surface area contributed by atoms with Gasteiger partial charge in [-0.15, -0.1) is 0 Å². The van der Waals surface area contributed by atoms with E-state index in [1.807, 2.05) is 19.0 Å². The molecule has 1 aliphatic heterocycles. The Labute approximate surface area is 112 Å². The van der Waals surface area contributed by atoms with Crippen LogP contribution in [0.5, 0.6) is 0 Å². The minimum atomic E-state index is -0.719.